The van der Waals surface area contributed by atoms with Gasteiger partial charge in [0.15, 0.2) is 0 Å². The molecule has 0 spiro atoms. The molecule has 3 N–H and O–H groups in total. The summed E-state index contributed by atoms with van der Waals surface area (Å²) in [5, 5.41) is 9.72. The molecule has 8 nitrogen and oxygen atoms in total. The third-order valence-corrected chi connectivity index (χ3v) is 2.89. The van der Waals surface area contributed by atoms with E-state index in [2.05, 4.69) is 14.7 Å². The Hall–Kier alpha value is -1.90. The van der Waals surface area contributed by atoms with Crippen molar-refractivity contribution in [3.05, 3.63) is 44.2 Å². The van der Waals surface area contributed by atoms with Gasteiger partial charge in [0.1, 0.15) is 0 Å². The number of halogens is 1. The molecule has 0 aliphatic carbocycles. The van der Waals surface area contributed by atoms with Gasteiger partial charge in [-0.3, -0.25) is 14.7 Å². The maximum Gasteiger partial charge on any atom is 0.334 e. The number of β-amino-alcohol motifs (C(OH)–C–C–N with tert-alkyl or cyclic N) is 1. The predicted molar refractivity (Wildman–Crippen MR) is 76.3 cm³/mol. The molecular formula is C12H16ClN3O5. The second-order valence-electron chi connectivity index (χ2n) is 4.53. The van der Waals surface area contributed by atoms with Gasteiger partial charge in [-0.1, -0.05) is 0 Å². The first-order chi connectivity index (χ1) is 9.47. The van der Waals surface area contributed by atoms with E-state index >= 15 is 0 Å². The Morgan fingerprint density at radius 1 is 1.48 bits per heavy atom. The molecule has 1 aromatic heterocycles. The van der Waals surface area contributed by atoms with Gasteiger partial charge >= 0.3 is 11.7 Å². The van der Waals surface area contributed by atoms with Crippen molar-refractivity contribution in [2.45, 2.75) is 12.6 Å². The van der Waals surface area contributed by atoms with Crippen LogP contribution in [-0.4, -0.2) is 52.2 Å². The Morgan fingerprint density at radius 3 is 2.81 bits per heavy atom. The predicted octanol–water partition coefficient (Wildman–Crippen LogP) is -1.24. The summed E-state index contributed by atoms with van der Waals surface area (Å²) in [6.45, 7) is 0.818. The van der Waals surface area contributed by atoms with Gasteiger partial charge in [0.2, 0.25) is 0 Å². The topological polar surface area (TPSA) is 115 Å². The van der Waals surface area contributed by atoms with E-state index < -0.39 is 23.3 Å². The lowest BCUT2D eigenvalue weighted by atomic mass is 10.1. The normalized spacial score (nSPS) is 18.6. The Balaban J connectivity index is 0.00000220. The maximum absolute atomic E-state index is 11.5. The van der Waals surface area contributed by atoms with Gasteiger partial charge in [0.05, 0.1) is 13.2 Å². The Bertz CT molecular complexity index is 623. The van der Waals surface area contributed by atoms with Crippen molar-refractivity contribution in [3.63, 3.8) is 0 Å². The summed E-state index contributed by atoms with van der Waals surface area (Å²) in [5.41, 5.74) is -0.325. The molecule has 1 aliphatic rings. The lowest BCUT2D eigenvalue weighted by Gasteiger charge is -2.28. The van der Waals surface area contributed by atoms with E-state index in [9.17, 15) is 19.5 Å². The molecule has 0 saturated carbocycles. The van der Waals surface area contributed by atoms with Crippen molar-refractivity contribution < 1.29 is 14.6 Å². The lowest BCUT2D eigenvalue weighted by molar-refractivity contribution is -0.136. The molecule has 2 heterocycles. The van der Waals surface area contributed by atoms with Crippen LogP contribution in [0.15, 0.2) is 27.3 Å². The lowest BCUT2D eigenvalue weighted by Crippen LogP contribution is -2.39. The number of carbonyl (C=O) groups is 1. The van der Waals surface area contributed by atoms with E-state index in [1.165, 1.54) is 19.3 Å². The van der Waals surface area contributed by atoms with Gasteiger partial charge in [-0.25, -0.2) is 9.59 Å². The van der Waals surface area contributed by atoms with Crippen LogP contribution in [0.2, 0.25) is 0 Å². The first-order valence-corrected chi connectivity index (χ1v) is 6.00. The number of esters is 1. The van der Waals surface area contributed by atoms with E-state index in [-0.39, 0.29) is 25.5 Å². The Kier molecular flexibility index (Phi) is 5.89. The van der Waals surface area contributed by atoms with Gasteiger partial charge in [0, 0.05) is 37.0 Å². The van der Waals surface area contributed by atoms with Crippen LogP contribution in [0, 0.1) is 0 Å². The third-order valence-electron chi connectivity index (χ3n) is 2.89. The number of nitrogens with one attached hydrogen (secondary N) is 2. The van der Waals surface area contributed by atoms with Crippen molar-refractivity contribution in [1.29, 1.82) is 0 Å². The number of nitrogens with zero attached hydrogens (tertiary/aromatic N) is 1. The number of H-pyrrole nitrogens is 2. The summed E-state index contributed by atoms with van der Waals surface area (Å²) in [4.78, 5) is 40.2. The van der Waals surface area contributed by atoms with Gasteiger partial charge in [0.25, 0.3) is 5.56 Å². The van der Waals surface area contributed by atoms with Crippen LogP contribution >= 0.6 is 12.4 Å². The monoisotopic (exact) mass is 317 g/mol. The molecule has 2 rings (SSSR count). The number of ether oxygens (including phenoxy) is 1. The molecule has 0 saturated heterocycles. The Morgan fingerprint density at radius 2 is 2.19 bits per heavy atom. The highest BCUT2D eigenvalue weighted by Crippen LogP contribution is 2.13. The number of rotatable bonds is 3. The summed E-state index contributed by atoms with van der Waals surface area (Å²) in [6, 6.07) is 1.27. The molecule has 0 bridgehead atoms. The molecule has 9 heteroatoms. The molecule has 1 aliphatic heterocycles. The van der Waals surface area contributed by atoms with E-state index in [1.807, 2.05) is 0 Å². The van der Waals surface area contributed by atoms with Crippen LogP contribution in [0.3, 0.4) is 0 Å². The van der Waals surface area contributed by atoms with Gasteiger partial charge in [-0.2, -0.15) is 0 Å². The molecule has 0 fully saturated rings. The summed E-state index contributed by atoms with van der Waals surface area (Å²) < 4.78 is 4.62. The number of carbonyl (C=O) groups excluding carboxylic acids is 1. The number of aromatic amines is 2. The second kappa shape index (κ2) is 7.21. The fourth-order valence-electron chi connectivity index (χ4n) is 2.14. The SMILES string of the molecule is COC(=O)C1=CC(O)CN(Cc2cc(=O)[nH]c(=O)[nH]2)C1.Cl. The molecule has 1 unspecified atom stereocenters. The quantitative estimate of drug-likeness (QED) is 0.601. The number of aromatic nitrogens is 2. The van der Waals surface area contributed by atoms with Crippen LogP contribution < -0.4 is 11.2 Å². The van der Waals surface area contributed by atoms with Crippen LogP contribution in [0.4, 0.5) is 0 Å². The zero-order valence-electron chi connectivity index (χ0n) is 11.3. The first kappa shape index (κ1) is 17.2. The van der Waals surface area contributed by atoms with Gasteiger partial charge in [-0.15, -0.1) is 12.4 Å². The smallest absolute Gasteiger partial charge is 0.334 e. The van der Waals surface area contributed by atoms with E-state index in [4.69, 9.17) is 0 Å². The zero-order chi connectivity index (χ0) is 14.7. The fraction of sp³-hybridized carbons (Fsp3) is 0.417. The average Bonchev–Trinajstić information content (AvgIpc) is 2.35. The molecule has 0 radical (unpaired) electrons. The molecule has 21 heavy (non-hydrogen) atoms. The standard InChI is InChI=1S/C12H15N3O5.ClH/c1-20-11(18)7-2-9(16)6-15(4-7)5-8-3-10(17)14-12(19)13-8;/h2-3,9,16H,4-6H2,1H3,(H2,13,14,17,19);1H. The summed E-state index contributed by atoms with van der Waals surface area (Å²) >= 11 is 0. The first-order valence-electron chi connectivity index (χ1n) is 6.00. The second-order valence-corrected chi connectivity index (χ2v) is 4.53. The Labute approximate surface area is 125 Å². The van der Waals surface area contributed by atoms with Gasteiger partial charge in [-0.05, 0) is 6.08 Å². The zero-order valence-corrected chi connectivity index (χ0v) is 12.1. The maximum atomic E-state index is 11.5. The minimum absolute atomic E-state index is 0. The summed E-state index contributed by atoms with van der Waals surface area (Å²) in [7, 11) is 1.27. The minimum atomic E-state index is -0.799. The molecule has 0 amide bonds. The van der Waals surface area contributed by atoms with Gasteiger partial charge < -0.3 is 14.8 Å². The number of hydrogen-bond acceptors (Lipinski definition) is 6. The van der Waals surface area contributed by atoms with E-state index in [0.29, 0.717) is 17.8 Å². The van der Waals surface area contributed by atoms with Crippen molar-refractivity contribution in [2.24, 2.45) is 0 Å². The highest BCUT2D eigenvalue weighted by molar-refractivity contribution is 5.89. The third kappa shape index (κ3) is 4.55. The van der Waals surface area contributed by atoms with E-state index in [0.717, 1.165) is 0 Å². The van der Waals surface area contributed by atoms with E-state index in [1.54, 1.807) is 4.90 Å². The number of hydrogen-bond donors (Lipinski definition) is 3. The van der Waals surface area contributed by atoms with Crippen molar-refractivity contribution in [2.75, 3.05) is 20.2 Å². The number of methoxy groups -OCH3 is 1. The largest absolute Gasteiger partial charge is 0.466 e. The highest BCUT2D eigenvalue weighted by atomic mass is 35.5. The van der Waals surface area contributed by atoms with Crippen molar-refractivity contribution in [3.8, 4) is 0 Å². The fourth-order valence-corrected chi connectivity index (χ4v) is 2.14. The number of aliphatic hydroxyl groups excluding tert-OH is 1. The molecule has 1 atom stereocenters. The number of aliphatic hydroxyl groups is 1. The summed E-state index contributed by atoms with van der Waals surface area (Å²) in [5.74, 6) is -0.506. The highest BCUT2D eigenvalue weighted by Gasteiger charge is 2.23. The average molecular weight is 318 g/mol. The van der Waals surface area contributed by atoms with Crippen LogP contribution in [0.1, 0.15) is 5.69 Å². The molecule has 1 aromatic rings. The van der Waals surface area contributed by atoms with Crippen LogP contribution in [0.5, 0.6) is 0 Å². The van der Waals surface area contributed by atoms with Crippen molar-refractivity contribution >= 4 is 18.4 Å². The molecule has 116 valence electrons. The summed E-state index contributed by atoms with van der Waals surface area (Å²) in [6.07, 6.45) is 0.648. The molecule has 0 aromatic carbocycles. The minimum Gasteiger partial charge on any atom is -0.466 e. The molecular weight excluding hydrogens is 302 g/mol. The van der Waals surface area contributed by atoms with Crippen LogP contribution in [0.25, 0.3) is 0 Å². The van der Waals surface area contributed by atoms with Crippen LogP contribution in [-0.2, 0) is 16.1 Å². The van der Waals surface area contributed by atoms with Crippen molar-refractivity contribution in [1.82, 2.24) is 14.9 Å².